The minimum atomic E-state index is -1.44. The highest BCUT2D eigenvalue weighted by Gasteiger charge is 2.51. The number of esters is 4. The van der Waals surface area contributed by atoms with Crippen LogP contribution in [-0.4, -0.2) is 61.1 Å². The molecule has 1 fully saturated rings. The summed E-state index contributed by atoms with van der Waals surface area (Å²) < 4.78 is 25.5. The minimum absolute atomic E-state index is 0.383. The summed E-state index contributed by atoms with van der Waals surface area (Å²) in [6.07, 6.45) is -5.18. The van der Waals surface area contributed by atoms with Gasteiger partial charge in [-0.05, 0) is 5.53 Å². The van der Waals surface area contributed by atoms with Crippen LogP contribution in [0, 0.1) is 0 Å². The molecular weight excluding hydrogens is 354 g/mol. The van der Waals surface area contributed by atoms with E-state index in [2.05, 4.69) is 10.0 Å². The highest BCUT2D eigenvalue weighted by molar-refractivity contribution is 5.68. The monoisotopic (exact) mass is 373 g/mol. The van der Waals surface area contributed by atoms with E-state index >= 15 is 0 Å². The van der Waals surface area contributed by atoms with Crippen molar-refractivity contribution in [1.29, 1.82) is 0 Å². The zero-order chi connectivity index (χ0) is 19.9. The molecule has 144 valence electrons. The first-order valence-corrected chi connectivity index (χ1v) is 7.50. The first-order valence-electron chi connectivity index (χ1n) is 7.50. The Hall–Kier alpha value is -2.85. The van der Waals surface area contributed by atoms with E-state index in [1.54, 1.807) is 0 Å². The first kappa shape index (κ1) is 21.2. The van der Waals surface area contributed by atoms with E-state index in [1.165, 1.54) is 0 Å². The molecule has 1 unspecified atom stereocenters. The third kappa shape index (κ3) is 6.22. The van der Waals surface area contributed by atoms with Crippen molar-refractivity contribution < 1.29 is 42.9 Å². The second-order valence-corrected chi connectivity index (χ2v) is 5.30. The number of carbonyl (C=O) groups excluding carboxylic acids is 4. The van der Waals surface area contributed by atoms with Crippen molar-refractivity contribution in [2.75, 3.05) is 6.61 Å². The summed E-state index contributed by atoms with van der Waals surface area (Å²) in [5, 5.41) is 3.44. The van der Waals surface area contributed by atoms with Gasteiger partial charge in [0.25, 0.3) is 0 Å². The third-order valence-electron chi connectivity index (χ3n) is 3.14. The molecule has 12 heteroatoms. The van der Waals surface area contributed by atoms with Gasteiger partial charge in [0.1, 0.15) is 18.8 Å². The lowest BCUT2D eigenvalue weighted by atomic mass is 9.97. The maximum Gasteiger partial charge on any atom is 0.304 e. The normalized spacial score (nSPS) is 27.5. The summed E-state index contributed by atoms with van der Waals surface area (Å²) >= 11 is 0. The van der Waals surface area contributed by atoms with Crippen LogP contribution >= 0.6 is 0 Å². The van der Waals surface area contributed by atoms with Crippen LogP contribution in [0.1, 0.15) is 27.7 Å². The number of carbonyl (C=O) groups is 4. The topological polar surface area (TPSA) is 163 Å². The summed E-state index contributed by atoms with van der Waals surface area (Å²) in [7, 11) is 0. The Morgan fingerprint density at radius 3 is 1.92 bits per heavy atom. The fraction of sp³-hybridized carbons (Fsp3) is 0.714. The number of hydrogen-bond donors (Lipinski definition) is 0. The fourth-order valence-electron chi connectivity index (χ4n) is 2.33. The summed E-state index contributed by atoms with van der Waals surface area (Å²) in [4.78, 5) is 47.9. The predicted molar refractivity (Wildman–Crippen MR) is 81.1 cm³/mol. The van der Waals surface area contributed by atoms with Gasteiger partial charge in [-0.3, -0.25) is 19.2 Å². The van der Waals surface area contributed by atoms with E-state index in [0.717, 1.165) is 27.7 Å². The van der Waals surface area contributed by atoms with Gasteiger partial charge in [-0.2, -0.15) is 0 Å². The van der Waals surface area contributed by atoms with Crippen molar-refractivity contribution in [3.63, 3.8) is 0 Å². The average molecular weight is 373 g/mol. The number of nitrogens with zero attached hydrogens (tertiary/aromatic N) is 3. The maximum absolute atomic E-state index is 11.5. The van der Waals surface area contributed by atoms with Crippen molar-refractivity contribution >= 4 is 23.9 Å². The number of rotatable bonds is 6. The summed E-state index contributed by atoms with van der Waals surface area (Å²) in [6.45, 7) is 4.06. The number of hydrogen-bond acceptors (Lipinski definition) is 10. The van der Waals surface area contributed by atoms with Crippen LogP contribution in [0.4, 0.5) is 0 Å². The molecule has 12 nitrogen and oxygen atoms in total. The summed E-state index contributed by atoms with van der Waals surface area (Å²) in [6, 6.07) is -1.33. The molecule has 0 radical (unpaired) electrons. The Balaban J connectivity index is 3.28. The third-order valence-corrected chi connectivity index (χ3v) is 3.14. The highest BCUT2D eigenvalue weighted by Crippen LogP contribution is 2.29. The molecule has 0 aromatic carbocycles. The molecule has 0 amide bonds. The van der Waals surface area contributed by atoms with E-state index in [0.29, 0.717) is 0 Å². The van der Waals surface area contributed by atoms with E-state index in [1.807, 2.05) is 0 Å². The molecule has 1 aliphatic heterocycles. The van der Waals surface area contributed by atoms with Gasteiger partial charge in [0.05, 0.1) is 0 Å². The van der Waals surface area contributed by atoms with Crippen molar-refractivity contribution in [3.8, 4) is 0 Å². The zero-order valence-electron chi connectivity index (χ0n) is 14.6. The summed E-state index contributed by atoms with van der Waals surface area (Å²) in [5.41, 5.74) is 8.78. The second kappa shape index (κ2) is 9.59. The van der Waals surface area contributed by atoms with Gasteiger partial charge < -0.3 is 23.7 Å². The Kier molecular flexibility index (Phi) is 7.81. The molecule has 0 aromatic rings. The lowest BCUT2D eigenvalue weighted by Crippen LogP contribution is -2.61. The number of ether oxygens (including phenoxy) is 5. The summed E-state index contributed by atoms with van der Waals surface area (Å²) in [5.74, 6) is -2.90. The SMILES string of the molecule is CC(=O)OC[C@@H]1OC(OC(C)=O)[C@@H](N=[N+]=[N-])[C@H](OC(C)=O)[C@@H]1OC(C)=O. The standard InChI is InChI=1S/C14H19N3O9/c1-6(18)22-5-10-12(23-7(2)19)13(24-8(3)20)11(16-17-15)14(26-10)25-9(4)21/h10-14H,5H2,1-4H3/t10-,11-,12+,13-,14?/m0/s1. The molecular formula is C14H19N3O9. The highest BCUT2D eigenvalue weighted by atomic mass is 16.7. The molecule has 26 heavy (non-hydrogen) atoms. The van der Waals surface area contributed by atoms with E-state index in [-0.39, 0.29) is 6.61 Å². The van der Waals surface area contributed by atoms with Crippen molar-refractivity contribution in [2.45, 2.75) is 58.3 Å². The van der Waals surface area contributed by atoms with Gasteiger partial charge in [0, 0.05) is 32.6 Å². The van der Waals surface area contributed by atoms with Crippen LogP contribution in [0.2, 0.25) is 0 Å². The Morgan fingerprint density at radius 1 is 0.923 bits per heavy atom. The van der Waals surface area contributed by atoms with Gasteiger partial charge in [0.15, 0.2) is 12.2 Å². The van der Waals surface area contributed by atoms with Crippen LogP contribution in [0.15, 0.2) is 5.11 Å². The van der Waals surface area contributed by atoms with Crippen LogP contribution in [0.3, 0.4) is 0 Å². The van der Waals surface area contributed by atoms with Crippen LogP contribution < -0.4 is 0 Å². The Labute approximate surface area is 148 Å². The Morgan fingerprint density at radius 2 is 1.46 bits per heavy atom. The van der Waals surface area contributed by atoms with Gasteiger partial charge in [0.2, 0.25) is 6.29 Å². The molecule has 0 bridgehead atoms. The van der Waals surface area contributed by atoms with Crippen molar-refractivity contribution in [3.05, 3.63) is 10.4 Å². The average Bonchev–Trinajstić information content (AvgIpc) is 2.49. The second-order valence-electron chi connectivity index (χ2n) is 5.30. The lowest BCUT2D eigenvalue weighted by Gasteiger charge is -2.42. The van der Waals surface area contributed by atoms with E-state index < -0.39 is 54.5 Å². The Bertz CT molecular complexity index is 617. The van der Waals surface area contributed by atoms with Gasteiger partial charge in [-0.25, -0.2) is 0 Å². The van der Waals surface area contributed by atoms with Gasteiger partial charge in [-0.1, -0.05) is 5.11 Å². The van der Waals surface area contributed by atoms with Crippen molar-refractivity contribution in [2.24, 2.45) is 5.11 Å². The molecule has 1 rings (SSSR count). The molecule has 0 aliphatic carbocycles. The molecule has 0 aromatic heterocycles. The number of azide groups is 1. The van der Waals surface area contributed by atoms with Crippen LogP contribution in [0.5, 0.6) is 0 Å². The predicted octanol–water partition coefficient (Wildman–Crippen LogP) is 0.380. The van der Waals surface area contributed by atoms with Crippen LogP contribution in [-0.2, 0) is 42.9 Å². The zero-order valence-corrected chi connectivity index (χ0v) is 14.6. The molecule has 5 atom stereocenters. The molecule has 1 aliphatic rings. The fourth-order valence-corrected chi connectivity index (χ4v) is 2.33. The largest absolute Gasteiger partial charge is 0.463 e. The maximum atomic E-state index is 11.5. The van der Waals surface area contributed by atoms with Crippen molar-refractivity contribution in [1.82, 2.24) is 0 Å². The molecule has 1 heterocycles. The minimum Gasteiger partial charge on any atom is -0.463 e. The van der Waals surface area contributed by atoms with Gasteiger partial charge in [-0.15, -0.1) is 0 Å². The quantitative estimate of drug-likeness (QED) is 0.210. The van der Waals surface area contributed by atoms with E-state index in [4.69, 9.17) is 29.2 Å². The van der Waals surface area contributed by atoms with E-state index in [9.17, 15) is 19.2 Å². The smallest absolute Gasteiger partial charge is 0.304 e. The van der Waals surface area contributed by atoms with Gasteiger partial charge >= 0.3 is 23.9 Å². The van der Waals surface area contributed by atoms with Crippen LogP contribution in [0.25, 0.3) is 10.4 Å². The molecule has 0 saturated carbocycles. The first-order chi connectivity index (χ1) is 12.1. The molecule has 0 spiro atoms. The molecule has 0 N–H and O–H groups in total. The molecule has 1 saturated heterocycles. The lowest BCUT2D eigenvalue weighted by molar-refractivity contribution is -0.267.